The van der Waals surface area contributed by atoms with Crippen LogP contribution in [0.4, 0.5) is 5.69 Å². The zero-order chi connectivity index (χ0) is 24.6. The highest BCUT2D eigenvalue weighted by molar-refractivity contribution is 5.95. The smallest absolute Gasteiger partial charge is 0.243 e. The van der Waals surface area contributed by atoms with Crippen LogP contribution in [0.2, 0.25) is 0 Å². The minimum absolute atomic E-state index is 0.0164. The van der Waals surface area contributed by atoms with E-state index in [1.165, 1.54) is 44.9 Å². The number of nitrogens with one attached hydrogen (secondary N) is 2. The maximum atomic E-state index is 12.7. The first-order valence-corrected chi connectivity index (χ1v) is 13.0. The van der Waals surface area contributed by atoms with E-state index in [2.05, 4.69) is 17.6 Å². The molecule has 1 saturated carbocycles. The molecule has 0 aliphatic heterocycles. The van der Waals surface area contributed by atoms with E-state index in [-0.39, 0.29) is 30.8 Å². The van der Waals surface area contributed by atoms with E-state index in [9.17, 15) is 14.4 Å². The van der Waals surface area contributed by atoms with Gasteiger partial charge in [-0.15, -0.1) is 0 Å². The fraction of sp³-hybridized carbons (Fsp3) is 0.667. The molecule has 0 bridgehead atoms. The lowest BCUT2D eigenvalue weighted by Crippen LogP contribution is -2.43. The second-order valence-corrected chi connectivity index (χ2v) is 9.35. The molecule has 0 spiro atoms. The predicted octanol–water partition coefficient (Wildman–Crippen LogP) is 4.91. The quantitative estimate of drug-likeness (QED) is 0.297. The Hall–Kier alpha value is -2.57. The van der Waals surface area contributed by atoms with Crippen LogP contribution in [-0.2, 0) is 14.4 Å². The zero-order valence-electron chi connectivity index (χ0n) is 21.1. The number of hydrogen-bond acceptors (Lipinski definition) is 4. The summed E-state index contributed by atoms with van der Waals surface area (Å²) in [5.41, 5.74) is 0.631. The van der Waals surface area contributed by atoms with Crippen LogP contribution in [-0.4, -0.2) is 49.4 Å². The first-order valence-electron chi connectivity index (χ1n) is 13.0. The summed E-state index contributed by atoms with van der Waals surface area (Å²) in [6.07, 6.45) is 13.6. The minimum atomic E-state index is -0.312. The molecule has 34 heavy (non-hydrogen) atoms. The van der Waals surface area contributed by atoms with E-state index in [1.54, 1.807) is 36.3 Å². The molecule has 3 amide bonds. The Bertz CT molecular complexity index is 747. The molecule has 190 valence electrons. The van der Waals surface area contributed by atoms with Gasteiger partial charge in [-0.2, -0.15) is 0 Å². The van der Waals surface area contributed by atoms with E-state index in [1.807, 2.05) is 0 Å². The molecule has 1 aliphatic carbocycles. The van der Waals surface area contributed by atoms with Gasteiger partial charge in [-0.05, 0) is 49.4 Å². The van der Waals surface area contributed by atoms with E-state index in [4.69, 9.17) is 4.74 Å². The number of anilines is 1. The standard InChI is InChI=1S/C27H43N3O4/c1-3-4-5-6-7-8-9-10-11-12-27(33)30(20-22-13-14-22)21-26(32)28-19-25(31)29-23-15-17-24(34-2)18-16-23/h15-18,22H,3-14,19-21H2,1-2H3,(H,28,32)(H,29,31). The minimum Gasteiger partial charge on any atom is -0.497 e. The van der Waals surface area contributed by atoms with Crippen LogP contribution in [0, 0.1) is 5.92 Å². The van der Waals surface area contributed by atoms with E-state index < -0.39 is 0 Å². The van der Waals surface area contributed by atoms with Crippen molar-refractivity contribution in [1.82, 2.24) is 10.2 Å². The first kappa shape index (κ1) is 27.7. The summed E-state index contributed by atoms with van der Waals surface area (Å²) >= 11 is 0. The first-order chi connectivity index (χ1) is 16.5. The number of carbonyl (C=O) groups excluding carboxylic acids is 3. The lowest BCUT2D eigenvalue weighted by atomic mass is 10.1. The molecule has 1 fully saturated rings. The maximum absolute atomic E-state index is 12.7. The van der Waals surface area contributed by atoms with Crippen LogP contribution < -0.4 is 15.4 Å². The summed E-state index contributed by atoms with van der Waals surface area (Å²) in [4.78, 5) is 39.0. The van der Waals surface area contributed by atoms with Crippen LogP contribution in [0.5, 0.6) is 5.75 Å². The molecule has 0 radical (unpaired) electrons. The molecular formula is C27H43N3O4. The van der Waals surface area contributed by atoms with Crippen LogP contribution >= 0.6 is 0 Å². The highest BCUT2D eigenvalue weighted by Gasteiger charge is 2.27. The average Bonchev–Trinajstić information content (AvgIpc) is 3.66. The number of benzene rings is 1. The highest BCUT2D eigenvalue weighted by atomic mass is 16.5. The van der Waals surface area contributed by atoms with Gasteiger partial charge in [-0.3, -0.25) is 14.4 Å². The summed E-state index contributed by atoms with van der Waals surface area (Å²) in [5, 5.41) is 5.38. The van der Waals surface area contributed by atoms with Crippen molar-refractivity contribution in [1.29, 1.82) is 0 Å². The van der Waals surface area contributed by atoms with Crippen molar-refractivity contribution in [2.75, 3.05) is 32.1 Å². The summed E-state index contributed by atoms with van der Waals surface area (Å²) in [6.45, 7) is 2.76. The number of unbranched alkanes of at least 4 members (excludes halogenated alkanes) is 8. The second kappa shape index (κ2) is 16.1. The number of ether oxygens (including phenoxy) is 1. The van der Waals surface area contributed by atoms with E-state index >= 15 is 0 Å². The molecule has 0 aromatic heterocycles. The highest BCUT2D eigenvalue weighted by Crippen LogP contribution is 2.30. The molecule has 7 heteroatoms. The Morgan fingerprint density at radius 1 is 0.912 bits per heavy atom. The van der Waals surface area contributed by atoms with Crippen molar-refractivity contribution in [3.05, 3.63) is 24.3 Å². The van der Waals surface area contributed by atoms with Crippen molar-refractivity contribution < 1.29 is 19.1 Å². The fourth-order valence-electron chi connectivity index (χ4n) is 3.90. The van der Waals surface area contributed by atoms with Gasteiger partial charge in [0, 0.05) is 18.7 Å². The van der Waals surface area contributed by atoms with Gasteiger partial charge in [0.2, 0.25) is 17.7 Å². The van der Waals surface area contributed by atoms with E-state index in [0.29, 0.717) is 30.3 Å². The molecule has 0 saturated heterocycles. The Kier molecular flexibility index (Phi) is 13.1. The lowest BCUT2D eigenvalue weighted by Gasteiger charge is -2.22. The van der Waals surface area contributed by atoms with Crippen molar-refractivity contribution in [2.45, 2.75) is 84.0 Å². The van der Waals surface area contributed by atoms with Crippen molar-refractivity contribution in [3.8, 4) is 5.75 Å². The number of nitrogens with zero attached hydrogens (tertiary/aromatic N) is 1. The number of amides is 3. The van der Waals surface area contributed by atoms with Crippen LogP contribution in [0.15, 0.2) is 24.3 Å². The molecule has 1 aromatic carbocycles. The molecule has 7 nitrogen and oxygen atoms in total. The van der Waals surface area contributed by atoms with Crippen LogP contribution in [0.3, 0.4) is 0 Å². The van der Waals surface area contributed by atoms with Crippen LogP contribution in [0.1, 0.15) is 84.0 Å². The molecule has 2 N–H and O–H groups in total. The van der Waals surface area contributed by atoms with Gasteiger partial charge in [0.1, 0.15) is 5.75 Å². The van der Waals surface area contributed by atoms with Gasteiger partial charge in [0.15, 0.2) is 0 Å². The largest absolute Gasteiger partial charge is 0.497 e. The summed E-state index contributed by atoms with van der Waals surface area (Å²) < 4.78 is 5.10. The summed E-state index contributed by atoms with van der Waals surface area (Å²) in [5.74, 6) is 0.652. The van der Waals surface area contributed by atoms with Gasteiger partial charge in [0.05, 0.1) is 20.2 Å². The van der Waals surface area contributed by atoms with Crippen LogP contribution in [0.25, 0.3) is 0 Å². The molecule has 2 rings (SSSR count). The Labute approximate surface area is 205 Å². The van der Waals surface area contributed by atoms with Crippen molar-refractivity contribution >= 4 is 23.4 Å². The van der Waals surface area contributed by atoms with Gasteiger partial charge in [0.25, 0.3) is 0 Å². The Morgan fingerprint density at radius 3 is 2.12 bits per heavy atom. The molecule has 1 aromatic rings. The van der Waals surface area contributed by atoms with Gasteiger partial charge in [-0.25, -0.2) is 0 Å². The fourth-order valence-corrected chi connectivity index (χ4v) is 3.90. The molecule has 0 atom stereocenters. The zero-order valence-corrected chi connectivity index (χ0v) is 21.1. The molecule has 0 heterocycles. The summed E-state index contributed by atoms with van der Waals surface area (Å²) in [7, 11) is 1.58. The van der Waals surface area contributed by atoms with Gasteiger partial charge < -0.3 is 20.3 Å². The number of rotatable bonds is 18. The maximum Gasteiger partial charge on any atom is 0.243 e. The number of methoxy groups -OCH3 is 1. The average molecular weight is 474 g/mol. The molecule has 0 unspecified atom stereocenters. The Balaban J connectivity index is 1.64. The predicted molar refractivity (Wildman–Crippen MR) is 136 cm³/mol. The Morgan fingerprint density at radius 2 is 1.53 bits per heavy atom. The van der Waals surface area contributed by atoms with Gasteiger partial charge in [-0.1, -0.05) is 58.3 Å². The van der Waals surface area contributed by atoms with Gasteiger partial charge >= 0.3 is 0 Å². The summed E-state index contributed by atoms with van der Waals surface area (Å²) in [6, 6.07) is 6.98. The third-order valence-corrected chi connectivity index (χ3v) is 6.18. The van der Waals surface area contributed by atoms with Crippen molar-refractivity contribution in [3.63, 3.8) is 0 Å². The number of carbonyl (C=O) groups is 3. The molecular weight excluding hydrogens is 430 g/mol. The second-order valence-electron chi connectivity index (χ2n) is 9.35. The lowest BCUT2D eigenvalue weighted by molar-refractivity contribution is -0.136. The third-order valence-electron chi connectivity index (χ3n) is 6.18. The van der Waals surface area contributed by atoms with Crippen molar-refractivity contribution in [2.24, 2.45) is 5.92 Å². The third kappa shape index (κ3) is 12.1. The normalized spacial score (nSPS) is 12.8. The van der Waals surface area contributed by atoms with E-state index in [0.717, 1.165) is 25.7 Å². The monoisotopic (exact) mass is 473 g/mol. The molecule has 1 aliphatic rings. The SMILES string of the molecule is CCCCCCCCCCCC(=O)N(CC(=O)NCC(=O)Nc1ccc(OC)cc1)CC1CC1. The topological polar surface area (TPSA) is 87.7 Å². The number of hydrogen-bond donors (Lipinski definition) is 2.